The molecule has 222 valence electrons. The molecule has 0 aliphatic heterocycles. The van der Waals surface area contributed by atoms with Crippen molar-refractivity contribution < 1.29 is 28.6 Å². The Labute approximate surface area is 241 Å². The largest absolute Gasteiger partial charge is 0.462 e. The van der Waals surface area contributed by atoms with E-state index in [1.165, 1.54) is 0 Å². The van der Waals surface area contributed by atoms with E-state index in [-0.39, 0.29) is 44.3 Å². The lowest BCUT2D eigenvalue weighted by Crippen LogP contribution is -2.51. The summed E-state index contributed by atoms with van der Waals surface area (Å²) in [4.78, 5) is 40.7. The number of aliphatic imine (C=N–C) groups is 1. The van der Waals surface area contributed by atoms with Crippen LogP contribution >= 0.6 is 0 Å². The smallest absolute Gasteiger partial charge is 0.407 e. The standard InChI is InChI=1S/C30H41N5O6/c1-29(2,32)27(37)35-24-19-30(24,21-39-20-22-11-5-3-6-12-22)26(31)33-16-18-41-28(38)34-15-9-10-17-40-25(36)23-13-7-4-8-14-23/h3-8,11-14,24H,9-10,15-21,32H2,1-2H3,(H2,31,33)(H,34,38)(H,35,37). The summed E-state index contributed by atoms with van der Waals surface area (Å²) in [6.07, 6.45) is 1.23. The number of hydrogen-bond acceptors (Lipinski definition) is 8. The van der Waals surface area contributed by atoms with Crippen LogP contribution in [0, 0.1) is 5.41 Å². The summed E-state index contributed by atoms with van der Waals surface area (Å²) in [7, 11) is 0. The van der Waals surface area contributed by atoms with Crippen molar-refractivity contribution in [3.63, 3.8) is 0 Å². The molecular weight excluding hydrogens is 526 g/mol. The van der Waals surface area contributed by atoms with Gasteiger partial charge in [0.1, 0.15) is 12.4 Å². The average Bonchev–Trinajstić information content (AvgIpc) is 3.66. The van der Waals surface area contributed by atoms with Crippen LogP contribution in [0.2, 0.25) is 0 Å². The lowest BCUT2D eigenvalue weighted by molar-refractivity contribution is -0.125. The molecule has 2 aromatic rings. The molecule has 0 radical (unpaired) electrons. The summed E-state index contributed by atoms with van der Waals surface area (Å²) in [5, 5.41) is 5.61. The van der Waals surface area contributed by atoms with Crippen molar-refractivity contribution in [3.05, 3.63) is 71.8 Å². The predicted octanol–water partition coefficient (Wildman–Crippen LogP) is 2.54. The van der Waals surface area contributed by atoms with Crippen LogP contribution < -0.4 is 22.1 Å². The van der Waals surface area contributed by atoms with Crippen LogP contribution in [0.15, 0.2) is 65.7 Å². The van der Waals surface area contributed by atoms with Crippen molar-refractivity contribution in [2.75, 3.05) is 32.9 Å². The number of nitrogens with one attached hydrogen (secondary N) is 2. The van der Waals surface area contributed by atoms with Gasteiger partial charge >= 0.3 is 12.1 Å². The minimum absolute atomic E-state index is 0.0367. The molecule has 2 aromatic carbocycles. The highest BCUT2D eigenvalue weighted by Gasteiger charge is 2.59. The minimum Gasteiger partial charge on any atom is -0.462 e. The molecule has 1 aliphatic rings. The Morgan fingerprint density at radius 3 is 2.37 bits per heavy atom. The molecule has 1 aliphatic carbocycles. The Hall–Kier alpha value is -3.96. The van der Waals surface area contributed by atoms with Crippen LogP contribution in [0.25, 0.3) is 0 Å². The van der Waals surface area contributed by atoms with Gasteiger partial charge in [-0.3, -0.25) is 9.79 Å². The van der Waals surface area contributed by atoms with E-state index >= 15 is 0 Å². The third-order valence-electron chi connectivity index (χ3n) is 6.64. The Morgan fingerprint density at radius 1 is 1.00 bits per heavy atom. The summed E-state index contributed by atoms with van der Waals surface area (Å²) in [5.74, 6) is -0.320. The number of carbonyl (C=O) groups excluding carboxylic acids is 3. The molecule has 0 bridgehead atoms. The maximum absolute atomic E-state index is 12.4. The fourth-order valence-corrected chi connectivity index (χ4v) is 4.03. The molecule has 1 fully saturated rings. The average molecular weight is 568 g/mol. The van der Waals surface area contributed by atoms with Crippen molar-refractivity contribution in [3.8, 4) is 0 Å². The predicted molar refractivity (Wildman–Crippen MR) is 155 cm³/mol. The number of amidine groups is 1. The summed E-state index contributed by atoms with van der Waals surface area (Å²) in [6, 6.07) is 18.3. The van der Waals surface area contributed by atoms with Gasteiger partial charge in [0, 0.05) is 12.6 Å². The van der Waals surface area contributed by atoms with E-state index in [0.29, 0.717) is 43.8 Å². The van der Waals surface area contributed by atoms with E-state index < -0.39 is 17.0 Å². The second-order valence-corrected chi connectivity index (χ2v) is 10.6. The van der Waals surface area contributed by atoms with Gasteiger partial charge < -0.3 is 36.3 Å². The van der Waals surface area contributed by atoms with Crippen molar-refractivity contribution in [1.82, 2.24) is 10.6 Å². The number of amides is 2. The van der Waals surface area contributed by atoms with Gasteiger partial charge in [0.15, 0.2) is 0 Å². The molecule has 1 saturated carbocycles. The molecule has 0 spiro atoms. The summed E-state index contributed by atoms with van der Waals surface area (Å²) < 4.78 is 16.4. The number of ether oxygens (including phenoxy) is 3. The molecule has 11 nitrogen and oxygen atoms in total. The number of rotatable bonds is 16. The van der Waals surface area contributed by atoms with Crippen molar-refractivity contribution in [1.29, 1.82) is 0 Å². The van der Waals surface area contributed by atoms with Gasteiger partial charge in [-0.05, 0) is 50.8 Å². The van der Waals surface area contributed by atoms with Gasteiger partial charge in [0.05, 0.1) is 42.9 Å². The monoisotopic (exact) mass is 567 g/mol. The van der Waals surface area contributed by atoms with E-state index in [1.54, 1.807) is 38.1 Å². The van der Waals surface area contributed by atoms with E-state index in [0.717, 1.165) is 5.56 Å². The van der Waals surface area contributed by atoms with Crippen LogP contribution in [-0.2, 0) is 25.6 Å². The number of hydrogen-bond donors (Lipinski definition) is 4. The van der Waals surface area contributed by atoms with E-state index in [1.807, 2.05) is 36.4 Å². The van der Waals surface area contributed by atoms with Gasteiger partial charge in [0.2, 0.25) is 5.91 Å². The molecule has 11 heteroatoms. The van der Waals surface area contributed by atoms with E-state index in [9.17, 15) is 14.4 Å². The molecule has 6 N–H and O–H groups in total. The van der Waals surface area contributed by atoms with Crippen molar-refractivity contribution in [2.45, 2.75) is 51.3 Å². The van der Waals surface area contributed by atoms with Crippen LogP contribution in [0.5, 0.6) is 0 Å². The molecule has 3 rings (SSSR count). The summed E-state index contributed by atoms with van der Waals surface area (Å²) >= 11 is 0. The number of esters is 1. The third-order valence-corrected chi connectivity index (χ3v) is 6.64. The number of nitrogens with two attached hydrogens (primary N) is 2. The fraction of sp³-hybridized carbons (Fsp3) is 0.467. The van der Waals surface area contributed by atoms with Crippen LogP contribution in [0.1, 0.15) is 49.0 Å². The van der Waals surface area contributed by atoms with Crippen LogP contribution in [-0.4, -0.2) is 68.3 Å². The highest BCUT2D eigenvalue weighted by Crippen LogP contribution is 2.47. The Morgan fingerprint density at radius 2 is 1.68 bits per heavy atom. The van der Waals surface area contributed by atoms with Crippen molar-refractivity contribution in [2.24, 2.45) is 21.9 Å². The Bertz CT molecular complexity index is 1170. The third kappa shape index (κ3) is 10.2. The van der Waals surface area contributed by atoms with Gasteiger partial charge in [-0.2, -0.15) is 0 Å². The number of nitrogens with zero attached hydrogens (tertiary/aromatic N) is 1. The number of benzene rings is 2. The zero-order chi connectivity index (χ0) is 29.7. The first-order valence-electron chi connectivity index (χ1n) is 13.8. The van der Waals surface area contributed by atoms with Crippen LogP contribution in [0.3, 0.4) is 0 Å². The molecule has 0 heterocycles. The second-order valence-electron chi connectivity index (χ2n) is 10.6. The maximum Gasteiger partial charge on any atom is 0.407 e. The first-order chi connectivity index (χ1) is 19.6. The number of carbonyl (C=O) groups is 3. The van der Waals surface area contributed by atoms with Gasteiger partial charge in [0.25, 0.3) is 0 Å². The van der Waals surface area contributed by atoms with Crippen molar-refractivity contribution >= 4 is 23.8 Å². The zero-order valence-electron chi connectivity index (χ0n) is 23.8. The molecule has 0 saturated heterocycles. The minimum atomic E-state index is -1.03. The van der Waals surface area contributed by atoms with Crippen LogP contribution in [0.4, 0.5) is 4.79 Å². The molecule has 41 heavy (non-hydrogen) atoms. The SMILES string of the molecule is CC(C)(N)C(=O)NC1CC1(COCc1ccccc1)C(N)=NCCOC(=O)NCCCCOC(=O)c1ccccc1. The molecule has 0 aromatic heterocycles. The maximum atomic E-state index is 12.4. The summed E-state index contributed by atoms with van der Waals surface area (Å²) in [6.45, 7) is 4.80. The molecule has 2 amide bonds. The molecular formula is C30H41N5O6. The first kappa shape index (κ1) is 31.6. The van der Waals surface area contributed by atoms with Gasteiger partial charge in [-0.1, -0.05) is 48.5 Å². The zero-order valence-corrected chi connectivity index (χ0v) is 23.8. The molecule has 2 unspecified atom stereocenters. The quantitative estimate of drug-likeness (QED) is 0.104. The summed E-state index contributed by atoms with van der Waals surface area (Å²) in [5.41, 5.74) is 12.1. The lowest BCUT2D eigenvalue weighted by Gasteiger charge is -2.21. The van der Waals surface area contributed by atoms with E-state index in [4.69, 9.17) is 25.7 Å². The molecule has 2 atom stereocenters. The number of unbranched alkanes of at least 4 members (excludes halogenated alkanes) is 1. The normalized spacial score (nSPS) is 18.3. The highest BCUT2D eigenvalue weighted by molar-refractivity contribution is 5.93. The highest BCUT2D eigenvalue weighted by atomic mass is 16.5. The Kier molecular flexibility index (Phi) is 11.7. The topological polar surface area (TPSA) is 167 Å². The lowest BCUT2D eigenvalue weighted by atomic mass is 10.0. The van der Waals surface area contributed by atoms with Gasteiger partial charge in [-0.15, -0.1) is 0 Å². The Balaban J connectivity index is 1.37. The van der Waals surface area contributed by atoms with Gasteiger partial charge in [-0.25, -0.2) is 9.59 Å². The first-order valence-corrected chi connectivity index (χ1v) is 13.8. The number of alkyl carbamates (subject to hydrolysis) is 1. The van der Waals surface area contributed by atoms with E-state index in [2.05, 4.69) is 15.6 Å². The second kappa shape index (κ2) is 15.2. The fourth-order valence-electron chi connectivity index (χ4n) is 4.03.